The van der Waals surface area contributed by atoms with Crippen molar-refractivity contribution in [1.82, 2.24) is 15.0 Å². The van der Waals surface area contributed by atoms with Crippen molar-refractivity contribution in [1.29, 1.82) is 0 Å². The molecule has 0 atom stereocenters. The molecule has 1 aromatic heterocycles. The second kappa shape index (κ2) is 4.85. The first kappa shape index (κ1) is 12.1. The summed E-state index contributed by atoms with van der Waals surface area (Å²) < 4.78 is 0. The van der Waals surface area contributed by atoms with E-state index in [0.29, 0.717) is 5.95 Å². The maximum atomic E-state index is 5.69. The third-order valence-electron chi connectivity index (χ3n) is 2.06. The number of benzene rings is 1. The molecule has 0 bridgehead atoms. The first-order chi connectivity index (χ1) is 8.02. The predicted octanol–water partition coefficient (Wildman–Crippen LogP) is 3.54. The van der Waals surface area contributed by atoms with Crippen LogP contribution in [0.5, 0.6) is 0 Å². The fourth-order valence-electron chi connectivity index (χ4n) is 1.56. The summed E-state index contributed by atoms with van der Waals surface area (Å²) in [4.78, 5) is 11.6. The Balaban J connectivity index is 2.31. The molecule has 0 saturated carbocycles. The van der Waals surface area contributed by atoms with Gasteiger partial charge < -0.3 is 5.32 Å². The lowest BCUT2D eigenvalue weighted by molar-refractivity contribution is 1.05. The smallest absolute Gasteiger partial charge is 0.232 e. The summed E-state index contributed by atoms with van der Waals surface area (Å²) in [6.07, 6.45) is 0. The topological polar surface area (TPSA) is 50.7 Å². The lowest BCUT2D eigenvalue weighted by Gasteiger charge is -2.07. The SMILES string of the molecule is Cc1cc(C)cc(Nc2nc(Cl)nc(Cl)n2)c1. The van der Waals surface area contributed by atoms with Crippen molar-refractivity contribution >= 4 is 34.8 Å². The highest BCUT2D eigenvalue weighted by atomic mass is 35.5. The molecule has 0 aliphatic carbocycles. The zero-order valence-electron chi connectivity index (χ0n) is 9.33. The molecule has 1 heterocycles. The molecule has 17 heavy (non-hydrogen) atoms. The van der Waals surface area contributed by atoms with Crippen LogP contribution in [0.1, 0.15) is 11.1 Å². The highest BCUT2D eigenvalue weighted by Crippen LogP contribution is 2.18. The zero-order valence-corrected chi connectivity index (χ0v) is 10.8. The van der Waals surface area contributed by atoms with Gasteiger partial charge in [-0.1, -0.05) is 6.07 Å². The summed E-state index contributed by atoms with van der Waals surface area (Å²) in [6.45, 7) is 4.04. The van der Waals surface area contributed by atoms with E-state index in [4.69, 9.17) is 23.2 Å². The Hall–Kier alpha value is -1.39. The van der Waals surface area contributed by atoms with Gasteiger partial charge in [-0.2, -0.15) is 15.0 Å². The number of nitrogens with one attached hydrogen (secondary N) is 1. The Morgan fingerprint density at radius 2 is 1.41 bits per heavy atom. The van der Waals surface area contributed by atoms with E-state index in [1.807, 2.05) is 26.0 Å². The van der Waals surface area contributed by atoms with Gasteiger partial charge in [-0.3, -0.25) is 0 Å². The largest absolute Gasteiger partial charge is 0.324 e. The normalized spacial score (nSPS) is 10.4. The maximum Gasteiger partial charge on any atom is 0.232 e. The molecule has 6 heteroatoms. The minimum absolute atomic E-state index is 0.0666. The second-order valence-electron chi connectivity index (χ2n) is 3.70. The lowest BCUT2D eigenvalue weighted by atomic mass is 10.1. The predicted molar refractivity (Wildman–Crippen MR) is 69.0 cm³/mol. The van der Waals surface area contributed by atoms with E-state index in [1.54, 1.807) is 0 Å². The van der Waals surface area contributed by atoms with Gasteiger partial charge in [0.25, 0.3) is 0 Å². The number of halogens is 2. The minimum Gasteiger partial charge on any atom is -0.324 e. The van der Waals surface area contributed by atoms with Crippen molar-refractivity contribution in [3.8, 4) is 0 Å². The molecule has 0 fully saturated rings. The van der Waals surface area contributed by atoms with Crippen LogP contribution >= 0.6 is 23.2 Å². The molecule has 0 spiro atoms. The van der Waals surface area contributed by atoms with E-state index in [0.717, 1.165) is 16.8 Å². The standard InChI is InChI=1S/C11H10Cl2N4/c1-6-3-7(2)5-8(4-6)14-11-16-9(12)15-10(13)17-11/h3-5H,1-2H3,(H,14,15,16,17). The average Bonchev–Trinajstić information content (AvgIpc) is 2.13. The van der Waals surface area contributed by atoms with Gasteiger partial charge in [0.05, 0.1) is 0 Å². The number of rotatable bonds is 2. The monoisotopic (exact) mass is 268 g/mol. The third kappa shape index (κ3) is 3.28. The summed E-state index contributed by atoms with van der Waals surface area (Å²) in [6, 6.07) is 6.05. The van der Waals surface area contributed by atoms with Crippen LogP contribution in [0.4, 0.5) is 11.6 Å². The minimum atomic E-state index is 0.0666. The molecule has 0 saturated heterocycles. The van der Waals surface area contributed by atoms with Crippen molar-refractivity contribution < 1.29 is 0 Å². The molecule has 2 rings (SSSR count). The van der Waals surface area contributed by atoms with Gasteiger partial charge in [0.1, 0.15) is 0 Å². The number of anilines is 2. The van der Waals surface area contributed by atoms with Crippen LogP contribution < -0.4 is 5.32 Å². The molecule has 88 valence electrons. The van der Waals surface area contributed by atoms with Gasteiger partial charge >= 0.3 is 0 Å². The fraction of sp³-hybridized carbons (Fsp3) is 0.182. The molecular formula is C11H10Cl2N4. The highest BCUT2D eigenvalue weighted by Gasteiger charge is 2.04. The molecule has 1 N–H and O–H groups in total. The van der Waals surface area contributed by atoms with E-state index in [9.17, 15) is 0 Å². The molecule has 0 unspecified atom stereocenters. The van der Waals surface area contributed by atoms with Crippen LogP contribution in [0.25, 0.3) is 0 Å². The Morgan fingerprint density at radius 1 is 0.882 bits per heavy atom. The second-order valence-corrected chi connectivity index (χ2v) is 4.37. The summed E-state index contributed by atoms with van der Waals surface area (Å²) in [5.74, 6) is 0.333. The average molecular weight is 269 g/mol. The van der Waals surface area contributed by atoms with E-state index >= 15 is 0 Å². The van der Waals surface area contributed by atoms with Gasteiger partial charge in [0.2, 0.25) is 16.5 Å². The van der Waals surface area contributed by atoms with Crippen molar-refractivity contribution in [3.63, 3.8) is 0 Å². The molecule has 0 radical (unpaired) electrons. The van der Waals surface area contributed by atoms with Crippen LogP contribution in [0, 0.1) is 13.8 Å². The summed E-state index contributed by atoms with van der Waals surface area (Å²) in [5, 5.41) is 3.17. The first-order valence-electron chi connectivity index (χ1n) is 4.95. The van der Waals surface area contributed by atoms with Crippen molar-refractivity contribution in [2.75, 3.05) is 5.32 Å². The van der Waals surface area contributed by atoms with Gasteiger partial charge in [0.15, 0.2) is 0 Å². The van der Waals surface area contributed by atoms with Gasteiger partial charge in [0, 0.05) is 5.69 Å². The Labute approximate surface area is 109 Å². The Morgan fingerprint density at radius 3 is 1.94 bits per heavy atom. The summed E-state index contributed by atoms with van der Waals surface area (Å²) >= 11 is 11.4. The van der Waals surface area contributed by atoms with E-state index in [-0.39, 0.29) is 10.6 Å². The molecule has 1 aromatic carbocycles. The van der Waals surface area contributed by atoms with Crippen LogP contribution in [-0.2, 0) is 0 Å². The zero-order chi connectivity index (χ0) is 12.4. The molecule has 0 aliphatic heterocycles. The molecule has 0 amide bonds. The van der Waals surface area contributed by atoms with Crippen molar-refractivity contribution in [2.24, 2.45) is 0 Å². The lowest BCUT2D eigenvalue weighted by Crippen LogP contribution is -1.99. The van der Waals surface area contributed by atoms with Crippen LogP contribution in [-0.4, -0.2) is 15.0 Å². The number of aromatic nitrogens is 3. The molecule has 4 nitrogen and oxygen atoms in total. The Bertz CT molecular complexity index is 467. The molecular weight excluding hydrogens is 259 g/mol. The molecule has 0 aliphatic rings. The van der Waals surface area contributed by atoms with Crippen molar-refractivity contribution in [3.05, 3.63) is 39.9 Å². The van der Waals surface area contributed by atoms with Crippen LogP contribution in [0.3, 0.4) is 0 Å². The van der Waals surface area contributed by atoms with E-state index < -0.39 is 0 Å². The van der Waals surface area contributed by atoms with Crippen LogP contribution in [0.15, 0.2) is 18.2 Å². The summed E-state index contributed by atoms with van der Waals surface area (Å²) in [7, 11) is 0. The van der Waals surface area contributed by atoms with Gasteiger partial charge in [-0.05, 0) is 60.3 Å². The Kier molecular flexibility index (Phi) is 3.45. The fourth-order valence-corrected chi connectivity index (χ4v) is 1.92. The van der Waals surface area contributed by atoms with E-state index in [2.05, 4.69) is 26.3 Å². The highest BCUT2D eigenvalue weighted by molar-refractivity contribution is 6.31. The van der Waals surface area contributed by atoms with Gasteiger partial charge in [-0.25, -0.2) is 0 Å². The number of nitrogens with zero attached hydrogens (tertiary/aromatic N) is 3. The maximum absolute atomic E-state index is 5.69. The molecule has 2 aromatic rings. The van der Waals surface area contributed by atoms with E-state index in [1.165, 1.54) is 0 Å². The summed E-state index contributed by atoms with van der Waals surface area (Å²) in [5.41, 5.74) is 3.19. The quantitative estimate of drug-likeness (QED) is 0.905. The first-order valence-corrected chi connectivity index (χ1v) is 5.71. The number of aryl methyl sites for hydroxylation is 2. The number of hydrogen-bond acceptors (Lipinski definition) is 4. The van der Waals surface area contributed by atoms with Crippen LogP contribution in [0.2, 0.25) is 10.6 Å². The van der Waals surface area contributed by atoms with Crippen molar-refractivity contribution in [2.45, 2.75) is 13.8 Å². The third-order valence-corrected chi connectivity index (χ3v) is 2.40. The van der Waals surface area contributed by atoms with Gasteiger partial charge in [-0.15, -0.1) is 0 Å². The number of hydrogen-bond donors (Lipinski definition) is 1.